The van der Waals surface area contributed by atoms with Crippen LogP contribution in [0.15, 0.2) is 22.0 Å². The number of H-pyrrole nitrogens is 1. The molecule has 1 aromatic heterocycles. The zero-order valence-corrected chi connectivity index (χ0v) is 11.7. The third-order valence-electron chi connectivity index (χ3n) is 3.38. The first kappa shape index (κ1) is 13.6. The van der Waals surface area contributed by atoms with Crippen molar-refractivity contribution < 1.29 is 8.42 Å². The van der Waals surface area contributed by atoms with Crippen LogP contribution in [0.5, 0.6) is 0 Å². The van der Waals surface area contributed by atoms with Gasteiger partial charge in [0.1, 0.15) is 5.02 Å². The van der Waals surface area contributed by atoms with Crippen molar-refractivity contribution in [2.24, 2.45) is 11.3 Å². The fraction of sp³-hybridized carbons (Fsp3) is 0.545. The monoisotopic (exact) mass is 290 g/mol. The molecule has 0 saturated heterocycles. The number of hydrogen-bond donors (Lipinski definition) is 2. The van der Waals surface area contributed by atoms with Gasteiger partial charge in [-0.15, -0.1) is 0 Å². The van der Waals surface area contributed by atoms with Crippen LogP contribution in [0.2, 0.25) is 5.02 Å². The molecule has 7 heteroatoms. The molecule has 0 aromatic carbocycles. The van der Waals surface area contributed by atoms with Crippen molar-refractivity contribution in [2.75, 3.05) is 6.54 Å². The zero-order chi connectivity index (χ0) is 13.6. The highest BCUT2D eigenvalue weighted by Crippen LogP contribution is 2.51. The predicted molar refractivity (Wildman–Crippen MR) is 69.1 cm³/mol. The van der Waals surface area contributed by atoms with Gasteiger partial charge >= 0.3 is 0 Å². The van der Waals surface area contributed by atoms with Crippen molar-refractivity contribution in [1.29, 1.82) is 0 Å². The smallest absolute Gasteiger partial charge is 0.266 e. The lowest BCUT2D eigenvalue weighted by Crippen LogP contribution is -2.27. The summed E-state index contributed by atoms with van der Waals surface area (Å²) in [7, 11) is -3.61. The molecule has 100 valence electrons. The Morgan fingerprint density at radius 3 is 2.67 bits per heavy atom. The van der Waals surface area contributed by atoms with Gasteiger partial charge in [-0.25, -0.2) is 13.1 Å². The summed E-state index contributed by atoms with van der Waals surface area (Å²) in [4.78, 5) is 13.3. The van der Waals surface area contributed by atoms with E-state index in [0.717, 1.165) is 18.7 Å². The van der Waals surface area contributed by atoms with Crippen molar-refractivity contribution in [3.05, 3.63) is 27.6 Å². The number of rotatable bonds is 4. The summed E-state index contributed by atoms with van der Waals surface area (Å²) in [5.41, 5.74) is -0.288. The second-order valence-electron chi connectivity index (χ2n) is 5.25. The standard InChI is InChI=1S/C11H15ClN2O3S/c1-11(2)4-7(11)5-14-18(16,17)8-3-9(12)10(15)13-6-8/h3,6-7,14H,4-5H2,1-2H3,(H,13,15). The Hall–Kier alpha value is -0.850. The summed E-state index contributed by atoms with van der Waals surface area (Å²) in [6, 6.07) is 1.15. The molecule has 2 rings (SSSR count). The van der Waals surface area contributed by atoms with Gasteiger partial charge in [0.25, 0.3) is 5.56 Å². The largest absolute Gasteiger partial charge is 0.326 e. The molecule has 0 spiro atoms. The molecule has 1 aliphatic carbocycles. The summed E-state index contributed by atoms with van der Waals surface area (Å²) in [5, 5.41) is -0.135. The molecule has 1 aliphatic rings. The van der Waals surface area contributed by atoms with Crippen LogP contribution in [0.4, 0.5) is 0 Å². The van der Waals surface area contributed by atoms with Crippen molar-refractivity contribution in [3.8, 4) is 0 Å². The van der Waals surface area contributed by atoms with Gasteiger partial charge in [-0.05, 0) is 23.8 Å². The Labute approximate surface area is 111 Å². The van der Waals surface area contributed by atoms with Gasteiger partial charge in [-0.3, -0.25) is 4.79 Å². The lowest BCUT2D eigenvalue weighted by atomic mass is 10.1. The van der Waals surface area contributed by atoms with Crippen LogP contribution in [0.3, 0.4) is 0 Å². The Balaban J connectivity index is 2.11. The van der Waals surface area contributed by atoms with Crippen molar-refractivity contribution in [2.45, 2.75) is 25.2 Å². The maximum Gasteiger partial charge on any atom is 0.266 e. The Morgan fingerprint density at radius 1 is 1.56 bits per heavy atom. The molecule has 5 nitrogen and oxygen atoms in total. The normalized spacial score (nSPS) is 21.8. The minimum Gasteiger partial charge on any atom is -0.326 e. The van der Waals surface area contributed by atoms with E-state index in [1.54, 1.807) is 0 Å². The van der Waals surface area contributed by atoms with Crippen LogP contribution < -0.4 is 10.3 Å². The van der Waals surface area contributed by atoms with Crippen LogP contribution in [0.1, 0.15) is 20.3 Å². The highest BCUT2D eigenvalue weighted by atomic mass is 35.5. The first-order valence-corrected chi connectivity index (χ1v) is 7.46. The van der Waals surface area contributed by atoms with Crippen LogP contribution in [-0.2, 0) is 10.0 Å². The maximum absolute atomic E-state index is 11.9. The predicted octanol–water partition coefficient (Wildman–Crippen LogP) is 1.35. The molecule has 0 radical (unpaired) electrons. The van der Waals surface area contributed by atoms with E-state index in [2.05, 4.69) is 23.6 Å². The van der Waals surface area contributed by atoms with Gasteiger partial charge in [0, 0.05) is 12.7 Å². The second-order valence-corrected chi connectivity index (χ2v) is 7.43. The number of halogens is 1. The van der Waals surface area contributed by atoms with E-state index < -0.39 is 15.6 Å². The third-order valence-corrected chi connectivity index (χ3v) is 5.06. The fourth-order valence-electron chi connectivity index (χ4n) is 1.81. The van der Waals surface area contributed by atoms with E-state index in [0.29, 0.717) is 12.5 Å². The van der Waals surface area contributed by atoms with Gasteiger partial charge in [0.05, 0.1) is 4.90 Å². The van der Waals surface area contributed by atoms with Crippen LogP contribution in [0, 0.1) is 11.3 Å². The number of nitrogens with one attached hydrogen (secondary N) is 2. The first-order chi connectivity index (χ1) is 8.22. The fourth-order valence-corrected chi connectivity index (χ4v) is 3.12. The second kappa shape index (κ2) is 4.36. The van der Waals surface area contributed by atoms with E-state index in [9.17, 15) is 13.2 Å². The Bertz CT molecular complexity index is 621. The molecule has 1 fully saturated rings. The van der Waals surface area contributed by atoms with E-state index in [1.165, 1.54) is 0 Å². The zero-order valence-electron chi connectivity index (χ0n) is 10.2. The molecule has 0 aliphatic heterocycles. The van der Waals surface area contributed by atoms with E-state index in [-0.39, 0.29) is 15.3 Å². The summed E-state index contributed by atoms with van der Waals surface area (Å²) < 4.78 is 26.4. The molecule has 0 amide bonds. The summed E-state index contributed by atoms with van der Waals surface area (Å²) in [6.45, 7) is 4.61. The molecular weight excluding hydrogens is 276 g/mol. The molecule has 1 heterocycles. The minimum absolute atomic E-state index is 0.0226. The Kier molecular flexibility index (Phi) is 3.29. The van der Waals surface area contributed by atoms with Gasteiger partial charge in [0.15, 0.2) is 0 Å². The van der Waals surface area contributed by atoms with Crippen LogP contribution >= 0.6 is 11.6 Å². The highest BCUT2D eigenvalue weighted by Gasteiger charge is 2.45. The van der Waals surface area contributed by atoms with Gasteiger partial charge in [0.2, 0.25) is 10.0 Å². The SMILES string of the molecule is CC1(C)CC1CNS(=O)(=O)c1c[nH]c(=O)c(Cl)c1. The average Bonchev–Trinajstić information content (AvgIpc) is 2.88. The minimum atomic E-state index is -3.61. The quantitative estimate of drug-likeness (QED) is 0.878. The number of hydrogen-bond acceptors (Lipinski definition) is 3. The lowest BCUT2D eigenvalue weighted by molar-refractivity contribution is 0.537. The van der Waals surface area contributed by atoms with Gasteiger partial charge in [-0.1, -0.05) is 25.4 Å². The lowest BCUT2D eigenvalue weighted by Gasteiger charge is -2.07. The van der Waals surface area contributed by atoms with E-state index in [4.69, 9.17) is 11.6 Å². The molecule has 2 N–H and O–H groups in total. The number of sulfonamides is 1. The van der Waals surface area contributed by atoms with E-state index in [1.807, 2.05) is 0 Å². The topological polar surface area (TPSA) is 79.0 Å². The van der Waals surface area contributed by atoms with Crippen LogP contribution in [-0.4, -0.2) is 19.9 Å². The van der Waals surface area contributed by atoms with Gasteiger partial charge < -0.3 is 4.98 Å². The number of pyridine rings is 1. The average molecular weight is 291 g/mol. The summed E-state index contributed by atoms with van der Waals surface area (Å²) in [5.74, 6) is 0.366. The summed E-state index contributed by atoms with van der Waals surface area (Å²) in [6.07, 6.45) is 2.16. The van der Waals surface area contributed by atoms with Crippen molar-refractivity contribution in [1.82, 2.24) is 9.71 Å². The summed E-state index contributed by atoms with van der Waals surface area (Å²) >= 11 is 5.60. The molecule has 1 atom stereocenters. The number of aromatic nitrogens is 1. The van der Waals surface area contributed by atoms with Gasteiger partial charge in [-0.2, -0.15) is 0 Å². The molecule has 18 heavy (non-hydrogen) atoms. The molecule has 1 aromatic rings. The molecule has 1 saturated carbocycles. The van der Waals surface area contributed by atoms with E-state index >= 15 is 0 Å². The highest BCUT2D eigenvalue weighted by molar-refractivity contribution is 7.89. The van der Waals surface area contributed by atoms with Crippen molar-refractivity contribution in [3.63, 3.8) is 0 Å². The van der Waals surface area contributed by atoms with Crippen LogP contribution in [0.25, 0.3) is 0 Å². The first-order valence-electron chi connectivity index (χ1n) is 5.60. The number of aromatic amines is 1. The molecule has 0 bridgehead atoms. The van der Waals surface area contributed by atoms with Crippen molar-refractivity contribution >= 4 is 21.6 Å². The Morgan fingerprint density at radius 2 is 2.17 bits per heavy atom. The maximum atomic E-state index is 11.9. The molecule has 1 unspecified atom stereocenters. The third kappa shape index (κ3) is 2.76. The molecular formula is C11H15ClN2O3S.